The number of benzene rings is 2. The topological polar surface area (TPSA) is 46.9 Å². The predicted molar refractivity (Wildman–Crippen MR) is 98.1 cm³/mol. The van der Waals surface area contributed by atoms with Crippen LogP contribution in [0.4, 0.5) is 0 Å². The van der Waals surface area contributed by atoms with E-state index in [-0.39, 0.29) is 5.91 Å². The molecule has 0 saturated heterocycles. The van der Waals surface area contributed by atoms with E-state index < -0.39 is 0 Å². The Bertz CT molecular complexity index is 803. The fourth-order valence-electron chi connectivity index (χ4n) is 2.13. The number of hydrogen-bond donors (Lipinski definition) is 1. The van der Waals surface area contributed by atoms with Gasteiger partial charge in [0.2, 0.25) is 0 Å². The first-order chi connectivity index (χ1) is 11.7. The highest BCUT2D eigenvalue weighted by Gasteiger charge is 2.08. The molecular weight excluding hydrogens is 342 g/mol. The number of carbonyl (C=O) groups excluding carboxylic acids is 1. The smallest absolute Gasteiger partial charge is 0.254 e. The summed E-state index contributed by atoms with van der Waals surface area (Å²) in [7, 11) is 0. The molecule has 0 spiro atoms. The van der Waals surface area contributed by atoms with Gasteiger partial charge in [0.1, 0.15) is 0 Å². The molecule has 2 aromatic carbocycles. The molecule has 0 saturated carbocycles. The van der Waals surface area contributed by atoms with Gasteiger partial charge in [-0.15, -0.1) is 11.8 Å². The highest BCUT2D eigenvalue weighted by molar-refractivity contribution is 7.99. The van der Waals surface area contributed by atoms with Crippen molar-refractivity contribution in [2.24, 2.45) is 0 Å². The summed E-state index contributed by atoms with van der Waals surface area (Å²) in [4.78, 5) is 13.3. The highest BCUT2D eigenvalue weighted by Crippen LogP contribution is 2.19. The van der Waals surface area contributed by atoms with Crippen molar-refractivity contribution in [3.05, 3.63) is 77.6 Å². The number of carbonyl (C=O) groups is 1. The first-order valence-corrected chi connectivity index (χ1v) is 8.85. The van der Waals surface area contributed by atoms with E-state index in [1.54, 1.807) is 28.8 Å². The van der Waals surface area contributed by atoms with Crippen molar-refractivity contribution >= 4 is 29.3 Å². The number of rotatable bonds is 6. The molecule has 1 N–H and O–H groups in total. The molecule has 1 aromatic heterocycles. The minimum atomic E-state index is -0.117. The Hall–Kier alpha value is -2.24. The normalized spacial score (nSPS) is 10.5. The lowest BCUT2D eigenvalue weighted by Gasteiger charge is -2.04. The average molecular weight is 358 g/mol. The van der Waals surface area contributed by atoms with Crippen molar-refractivity contribution in [3.8, 4) is 5.69 Å². The van der Waals surface area contributed by atoms with Gasteiger partial charge in [0.25, 0.3) is 5.91 Å². The third kappa shape index (κ3) is 4.40. The van der Waals surface area contributed by atoms with Crippen LogP contribution in [0.1, 0.15) is 10.4 Å². The molecule has 122 valence electrons. The number of hydrogen-bond acceptors (Lipinski definition) is 3. The molecule has 3 aromatic rings. The van der Waals surface area contributed by atoms with Gasteiger partial charge >= 0.3 is 0 Å². The minimum Gasteiger partial charge on any atom is -0.351 e. The quantitative estimate of drug-likeness (QED) is 0.535. The van der Waals surface area contributed by atoms with E-state index in [1.807, 2.05) is 54.6 Å². The fourth-order valence-corrected chi connectivity index (χ4v) is 3.02. The van der Waals surface area contributed by atoms with Gasteiger partial charge in [-0.1, -0.05) is 29.8 Å². The summed E-state index contributed by atoms with van der Waals surface area (Å²) in [6, 6.07) is 17.4. The number of aromatic nitrogens is 2. The zero-order valence-corrected chi connectivity index (χ0v) is 14.4. The lowest BCUT2D eigenvalue weighted by molar-refractivity contribution is 0.0956. The summed E-state index contributed by atoms with van der Waals surface area (Å²) in [6.07, 6.45) is 3.31. The summed E-state index contributed by atoms with van der Waals surface area (Å²) in [5.74, 6) is 0.675. The van der Waals surface area contributed by atoms with Crippen LogP contribution in [0.25, 0.3) is 5.69 Å². The van der Waals surface area contributed by atoms with Crippen LogP contribution >= 0.6 is 23.4 Å². The number of halogens is 1. The molecule has 0 aliphatic heterocycles. The maximum Gasteiger partial charge on any atom is 0.254 e. The SMILES string of the molecule is O=C(NCCSc1ccc(Cl)cc1)c1cnn(-c2ccccc2)c1. The average Bonchev–Trinajstić information content (AvgIpc) is 3.11. The lowest BCUT2D eigenvalue weighted by atomic mass is 10.3. The van der Waals surface area contributed by atoms with Crippen LogP contribution < -0.4 is 5.32 Å². The van der Waals surface area contributed by atoms with E-state index in [4.69, 9.17) is 11.6 Å². The van der Waals surface area contributed by atoms with Gasteiger partial charge in [-0.3, -0.25) is 4.79 Å². The standard InChI is InChI=1S/C18H16ClN3OS/c19-15-6-8-17(9-7-15)24-11-10-20-18(23)14-12-21-22(13-14)16-4-2-1-3-5-16/h1-9,12-13H,10-11H2,(H,20,23). The Labute approximate surface area is 149 Å². The Balaban J connectivity index is 1.49. The van der Waals surface area contributed by atoms with Crippen LogP contribution in [0, 0.1) is 0 Å². The molecule has 6 heteroatoms. The maximum atomic E-state index is 12.2. The van der Waals surface area contributed by atoms with Crippen LogP contribution in [0.2, 0.25) is 5.02 Å². The molecule has 0 aliphatic rings. The van der Waals surface area contributed by atoms with Crippen LogP contribution in [-0.2, 0) is 0 Å². The minimum absolute atomic E-state index is 0.117. The van der Waals surface area contributed by atoms with E-state index in [0.717, 1.165) is 21.4 Å². The van der Waals surface area contributed by atoms with Crippen molar-refractivity contribution in [3.63, 3.8) is 0 Å². The monoisotopic (exact) mass is 357 g/mol. The van der Waals surface area contributed by atoms with E-state index in [9.17, 15) is 4.79 Å². The third-order valence-corrected chi connectivity index (χ3v) is 4.60. The highest BCUT2D eigenvalue weighted by atomic mass is 35.5. The molecule has 0 radical (unpaired) electrons. The summed E-state index contributed by atoms with van der Waals surface area (Å²) in [5, 5.41) is 7.86. The number of thioether (sulfide) groups is 1. The van der Waals surface area contributed by atoms with Crippen LogP contribution in [0.5, 0.6) is 0 Å². The zero-order chi connectivity index (χ0) is 16.8. The first-order valence-electron chi connectivity index (χ1n) is 7.49. The molecule has 1 heterocycles. The van der Waals surface area contributed by atoms with Crippen molar-refractivity contribution in [1.82, 2.24) is 15.1 Å². The third-order valence-electron chi connectivity index (χ3n) is 3.34. The molecule has 4 nitrogen and oxygen atoms in total. The van der Waals surface area contributed by atoms with Gasteiger partial charge in [-0.25, -0.2) is 4.68 Å². The number of amides is 1. The molecule has 0 unspecified atom stereocenters. The molecule has 0 bridgehead atoms. The molecular formula is C18H16ClN3OS. The van der Waals surface area contributed by atoms with Crippen LogP contribution in [0.3, 0.4) is 0 Å². The second-order valence-electron chi connectivity index (χ2n) is 5.07. The molecule has 1 amide bonds. The lowest BCUT2D eigenvalue weighted by Crippen LogP contribution is -2.25. The Kier molecular flexibility index (Phi) is 5.56. The van der Waals surface area contributed by atoms with Gasteiger partial charge in [-0.2, -0.15) is 5.10 Å². The summed E-state index contributed by atoms with van der Waals surface area (Å²) in [5.41, 5.74) is 1.48. The second-order valence-corrected chi connectivity index (χ2v) is 6.67. The predicted octanol–water partition coefficient (Wildman–Crippen LogP) is 4.05. The van der Waals surface area contributed by atoms with Crippen molar-refractivity contribution in [2.45, 2.75) is 4.90 Å². The Morgan fingerprint density at radius 3 is 2.62 bits per heavy atom. The van der Waals surface area contributed by atoms with Gasteiger partial charge in [-0.05, 0) is 36.4 Å². The molecule has 0 fully saturated rings. The molecule has 3 rings (SSSR count). The van der Waals surface area contributed by atoms with Gasteiger partial charge < -0.3 is 5.32 Å². The molecule has 0 atom stereocenters. The van der Waals surface area contributed by atoms with Crippen LogP contribution in [0.15, 0.2) is 71.9 Å². The fraction of sp³-hybridized carbons (Fsp3) is 0.111. The van der Waals surface area contributed by atoms with Crippen LogP contribution in [-0.4, -0.2) is 28.0 Å². The Morgan fingerprint density at radius 2 is 1.88 bits per heavy atom. The second kappa shape index (κ2) is 8.04. The van der Waals surface area contributed by atoms with E-state index in [0.29, 0.717) is 12.1 Å². The molecule has 24 heavy (non-hydrogen) atoms. The molecule has 0 aliphatic carbocycles. The largest absolute Gasteiger partial charge is 0.351 e. The van der Waals surface area contributed by atoms with E-state index in [1.165, 1.54) is 0 Å². The van der Waals surface area contributed by atoms with Crippen molar-refractivity contribution in [1.29, 1.82) is 0 Å². The van der Waals surface area contributed by atoms with E-state index in [2.05, 4.69) is 10.4 Å². The van der Waals surface area contributed by atoms with E-state index >= 15 is 0 Å². The summed E-state index contributed by atoms with van der Waals surface area (Å²) < 4.78 is 1.69. The number of para-hydroxylation sites is 1. The van der Waals surface area contributed by atoms with Crippen molar-refractivity contribution < 1.29 is 4.79 Å². The number of nitrogens with one attached hydrogen (secondary N) is 1. The summed E-state index contributed by atoms with van der Waals surface area (Å²) in [6.45, 7) is 0.586. The number of nitrogens with zero attached hydrogens (tertiary/aromatic N) is 2. The van der Waals surface area contributed by atoms with Gasteiger partial charge in [0.05, 0.1) is 17.4 Å². The Morgan fingerprint density at radius 1 is 1.12 bits per heavy atom. The summed E-state index contributed by atoms with van der Waals surface area (Å²) >= 11 is 7.53. The van der Waals surface area contributed by atoms with Crippen molar-refractivity contribution in [2.75, 3.05) is 12.3 Å². The van der Waals surface area contributed by atoms with Gasteiger partial charge in [0.15, 0.2) is 0 Å². The first kappa shape index (κ1) is 16.6. The maximum absolute atomic E-state index is 12.2. The zero-order valence-electron chi connectivity index (χ0n) is 12.9. The van der Waals surface area contributed by atoms with Gasteiger partial charge in [0, 0.05) is 28.4 Å².